The van der Waals surface area contributed by atoms with E-state index in [-0.39, 0.29) is 11.7 Å². The number of benzene rings is 1. The fraction of sp³-hybridized carbons (Fsp3) is 0.682. The van der Waals surface area contributed by atoms with Gasteiger partial charge in [0.05, 0.1) is 11.1 Å². The summed E-state index contributed by atoms with van der Waals surface area (Å²) in [5.41, 5.74) is -1.71. The second-order valence-electron chi connectivity index (χ2n) is 7.27. The fourth-order valence-corrected chi connectivity index (χ4v) is 3.11. The number of halogens is 4. The van der Waals surface area contributed by atoms with Crippen molar-refractivity contribution >= 4 is 5.97 Å². The molecule has 1 rings (SSSR count). The maximum atomic E-state index is 13.4. The van der Waals surface area contributed by atoms with E-state index in [1.165, 1.54) is 25.7 Å². The summed E-state index contributed by atoms with van der Waals surface area (Å²) in [7, 11) is 0. The number of ether oxygens (including phenoxy) is 1. The third-order valence-electron chi connectivity index (χ3n) is 4.79. The van der Waals surface area contributed by atoms with Crippen molar-refractivity contribution in [3.63, 3.8) is 0 Å². The zero-order chi connectivity index (χ0) is 21.0. The predicted molar refractivity (Wildman–Crippen MR) is 103 cm³/mol. The van der Waals surface area contributed by atoms with E-state index in [4.69, 9.17) is 4.74 Å². The minimum absolute atomic E-state index is 0.269. The number of hydrogen-bond donors (Lipinski definition) is 0. The van der Waals surface area contributed by atoms with Crippen LogP contribution in [0.1, 0.15) is 100 Å². The van der Waals surface area contributed by atoms with Crippen molar-refractivity contribution in [2.45, 2.75) is 96.8 Å². The molecule has 0 aliphatic carbocycles. The van der Waals surface area contributed by atoms with E-state index >= 15 is 0 Å². The van der Waals surface area contributed by atoms with Gasteiger partial charge in [0.1, 0.15) is 11.9 Å². The van der Waals surface area contributed by atoms with Gasteiger partial charge in [0, 0.05) is 0 Å². The van der Waals surface area contributed by atoms with Crippen LogP contribution >= 0.6 is 0 Å². The first kappa shape index (κ1) is 24.4. The Balaban J connectivity index is 2.61. The topological polar surface area (TPSA) is 26.3 Å². The molecule has 6 heteroatoms. The Bertz CT molecular complexity index is 584. The Morgan fingerprint density at radius 2 is 1.50 bits per heavy atom. The van der Waals surface area contributed by atoms with E-state index in [0.717, 1.165) is 38.2 Å². The van der Waals surface area contributed by atoms with Crippen LogP contribution in [0.5, 0.6) is 0 Å². The van der Waals surface area contributed by atoms with Gasteiger partial charge >= 0.3 is 12.1 Å². The highest BCUT2D eigenvalue weighted by molar-refractivity contribution is 5.89. The van der Waals surface area contributed by atoms with Crippen LogP contribution < -0.4 is 0 Å². The molecule has 0 saturated carbocycles. The van der Waals surface area contributed by atoms with E-state index in [1.54, 1.807) is 0 Å². The third-order valence-corrected chi connectivity index (χ3v) is 4.79. The van der Waals surface area contributed by atoms with Gasteiger partial charge in [0.2, 0.25) is 0 Å². The lowest BCUT2D eigenvalue weighted by molar-refractivity contribution is -0.140. The molecule has 0 aliphatic rings. The van der Waals surface area contributed by atoms with Gasteiger partial charge in [-0.1, -0.05) is 65.2 Å². The molecule has 0 amide bonds. The fourth-order valence-electron chi connectivity index (χ4n) is 3.11. The molecule has 0 spiro atoms. The molecule has 1 atom stereocenters. The van der Waals surface area contributed by atoms with Crippen LogP contribution in [0.25, 0.3) is 0 Å². The van der Waals surface area contributed by atoms with Crippen molar-refractivity contribution in [2.24, 2.45) is 0 Å². The molecule has 1 unspecified atom stereocenters. The smallest absolute Gasteiger partial charge is 0.419 e. The summed E-state index contributed by atoms with van der Waals surface area (Å²) < 4.78 is 57.4. The summed E-state index contributed by atoms with van der Waals surface area (Å²) in [6, 6.07) is 2.23. The standard InChI is InChI=1S/C22H32F4O2/c1-3-5-7-8-9-10-11-13-18(12-6-4-2)28-21(27)17-14-15-20(23)19(16-17)22(24,25)26/h14-16,18H,3-13H2,1-2H3. The first-order valence-corrected chi connectivity index (χ1v) is 10.4. The van der Waals surface area contributed by atoms with E-state index in [1.807, 2.05) is 6.92 Å². The molecule has 0 N–H and O–H groups in total. The van der Waals surface area contributed by atoms with Gasteiger partial charge in [0.25, 0.3) is 0 Å². The second-order valence-corrected chi connectivity index (χ2v) is 7.27. The van der Waals surface area contributed by atoms with Crippen LogP contribution in [0.2, 0.25) is 0 Å². The van der Waals surface area contributed by atoms with Crippen molar-refractivity contribution < 1.29 is 27.1 Å². The third kappa shape index (κ3) is 9.07. The number of carbonyl (C=O) groups is 1. The minimum atomic E-state index is -4.85. The zero-order valence-corrected chi connectivity index (χ0v) is 16.9. The SMILES string of the molecule is CCCCCCCCCC(CCCC)OC(=O)c1ccc(F)c(C(F)(F)F)c1. The maximum Gasteiger partial charge on any atom is 0.419 e. The number of esters is 1. The molecule has 0 fully saturated rings. The minimum Gasteiger partial charge on any atom is -0.459 e. The van der Waals surface area contributed by atoms with E-state index < -0.39 is 23.5 Å². The lowest BCUT2D eigenvalue weighted by atomic mass is 10.0. The highest BCUT2D eigenvalue weighted by atomic mass is 19.4. The van der Waals surface area contributed by atoms with Gasteiger partial charge < -0.3 is 4.74 Å². The van der Waals surface area contributed by atoms with Crippen molar-refractivity contribution in [3.05, 3.63) is 35.1 Å². The zero-order valence-electron chi connectivity index (χ0n) is 16.9. The average Bonchev–Trinajstić information content (AvgIpc) is 2.64. The van der Waals surface area contributed by atoms with Gasteiger partial charge in [0.15, 0.2) is 0 Å². The molecule has 28 heavy (non-hydrogen) atoms. The highest BCUT2D eigenvalue weighted by Crippen LogP contribution is 2.32. The summed E-state index contributed by atoms with van der Waals surface area (Å²) >= 11 is 0. The molecule has 0 radical (unpaired) electrons. The molecule has 0 saturated heterocycles. The monoisotopic (exact) mass is 404 g/mol. The Morgan fingerprint density at radius 3 is 2.11 bits per heavy atom. The van der Waals surface area contributed by atoms with Gasteiger partial charge in [-0.25, -0.2) is 9.18 Å². The van der Waals surface area contributed by atoms with Gasteiger partial charge in [-0.05, 0) is 37.5 Å². The van der Waals surface area contributed by atoms with Gasteiger partial charge in [-0.15, -0.1) is 0 Å². The van der Waals surface area contributed by atoms with E-state index in [2.05, 4.69) is 6.92 Å². The van der Waals surface area contributed by atoms with Crippen LogP contribution in [0, 0.1) is 5.82 Å². The lowest BCUT2D eigenvalue weighted by Crippen LogP contribution is -2.19. The lowest BCUT2D eigenvalue weighted by Gasteiger charge is -2.18. The Labute approximate surface area is 165 Å². The molecule has 0 aliphatic heterocycles. The van der Waals surface area contributed by atoms with E-state index in [0.29, 0.717) is 25.0 Å². The molecule has 1 aromatic rings. The number of rotatable bonds is 13. The Kier molecular flexibility index (Phi) is 11.2. The number of unbranched alkanes of at least 4 members (excludes halogenated alkanes) is 7. The normalized spacial score (nSPS) is 12.8. The largest absolute Gasteiger partial charge is 0.459 e. The van der Waals surface area contributed by atoms with Crippen molar-refractivity contribution in [1.29, 1.82) is 0 Å². The first-order valence-electron chi connectivity index (χ1n) is 10.4. The van der Waals surface area contributed by atoms with Crippen LogP contribution in [0.15, 0.2) is 18.2 Å². The molecule has 1 aromatic carbocycles. The number of carbonyl (C=O) groups excluding carboxylic acids is 1. The summed E-state index contributed by atoms with van der Waals surface area (Å²) in [4.78, 5) is 12.3. The summed E-state index contributed by atoms with van der Waals surface area (Å²) in [5.74, 6) is -2.22. The van der Waals surface area contributed by atoms with Gasteiger partial charge in [-0.3, -0.25) is 0 Å². The van der Waals surface area contributed by atoms with Crippen molar-refractivity contribution in [1.82, 2.24) is 0 Å². The molecular weight excluding hydrogens is 372 g/mol. The second kappa shape index (κ2) is 12.8. The molecule has 160 valence electrons. The van der Waals surface area contributed by atoms with Crippen molar-refractivity contribution in [3.8, 4) is 0 Å². The van der Waals surface area contributed by atoms with Crippen LogP contribution in [-0.2, 0) is 10.9 Å². The average molecular weight is 404 g/mol. The van der Waals surface area contributed by atoms with Crippen LogP contribution in [0.3, 0.4) is 0 Å². The molecule has 0 aromatic heterocycles. The molecule has 2 nitrogen and oxygen atoms in total. The van der Waals surface area contributed by atoms with Crippen LogP contribution in [-0.4, -0.2) is 12.1 Å². The first-order chi connectivity index (χ1) is 13.3. The molecule has 0 bridgehead atoms. The number of hydrogen-bond acceptors (Lipinski definition) is 2. The summed E-state index contributed by atoms with van der Waals surface area (Å²) in [6.45, 7) is 4.20. The summed E-state index contributed by atoms with van der Waals surface area (Å²) in [5, 5.41) is 0. The highest BCUT2D eigenvalue weighted by Gasteiger charge is 2.35. The van der Waals surface area contributed by atoms with Gasteiger partial charge in [-0.2, -0.15) is 13.2 Å². The Morgan fingerprint density at radius 1 is 0.929 bits per heavy atom. The van der Waals surface area contributed by atoms with Crippen LogP contribution in [0.4, 0.5) is 17.6 Å². The quantitative estimate of drug-likeness (QED) is 0.191. The molecule has 0 heterocycles. The van der Waals surface area contributed by atoms with Crippen molar-refractivity contribution in [2.75, 3.05) is 0 Å². The molecular formula is C22H32F4O2. The summed E-state index contributed by atoms with van der Waals surface area (Å²) in [6.07, 6.45) is 6.04. The number of alkyl halides is 3. The maximum absolute atomic E-state index is 13.4. The van der Waals surface area contributed by atoms with E-state index in [9.17, 15) is 22.4 Å². The predicted octanol–water partition coefficient (Wildman–Crippen LogP) is 7.70. The Hall–Kier alpha value is -1.59.